The van der Waals surface area contributed by atoms with Gasteiger partial charge in [0.25, 0.3) is 14.2 Å². The molecule has 1 aliphatic rings. The van der Waals surface area contributed by atoms with Crippen LogP contribution in [0.2, 0.25) is 30.7 Å². The number of carbonyl (C=O) groups is 4. The maximum atomic E-state index is 14.6. The Morgan fingerprint density at radius 3 is 2.08 bits per heavy atom. The maximum Gasteiger partial charge on any atom is 0.323 e. The summed E-state index contributed by atoms with van der Waals surface area (Å²) in [7, 11) is -4.34. The third-order valence-electron chi connectivity index (χ3n) is 11.7. The van der Waals surface area contributed by atoms with Crippen LogP contribution in [-0.4, -0.2) is 95.4 Å². The third kappa shape index (κ3) is 16.0. The van der Waals surface area contributed by atoms with E-state index in [1.165, 1.54) is 10.1 Å². The summed E-state index contributed by atoms with van der Waals surface area (Å²) in [5.41, 5.74) is 5.20. The van der Waals surface area contributed by atoms with Gasteiger partial charge in [-0.25, -0.2) is 15.0 Å². The van der Waals surface area contributed by atoms with E-state index in [9.17, 15) is 19.2 Å². The largest absolute Gasteiger partial charge is 0.460 e. The van der Waals surface area contributed by atoms with Crippen molar-refractivity contribution in [3.63, 3.8) is 0 Å². The fraction of sp³-hybridized carbons (Fsp3) is 0.660. The molecule has 3 atom stereocenters. The first-order chi connectivity index (χ1) is 28.9. The summed E-state index contributed by atoms with van der Waals surface area (Å²) < 4.78 is 18.8. The smallest absolute Gasteiger partial charge is 0.323 e. The van der Waals surface area contributed by atoms with Gasteiger partial charge in [0.15, 0.2) is 6.79 Å². The predicted molar refractivity (Wildman–Crippen MR) is 248 cm³/mol. The van der Waals surface area contributed by atoms with E-state index in [1.807, 2.05) is 36.4 Å². The molecule has 3 rings (SSSR count). The Balaban J connectivity index is 1.71. The first-order valence-corrected chi connectivity index (χ1v) is 28.3. The van der Waals surface area contributed by atoms with Crippen molar-refractivity contribution in [1.29, 1.82) is 0 Å². The Kier molecular flexibility index (Phi) is 21.3. The van der Waals surface area contributed by atoms with E-state index < -0.39 is 46.0 Å². The zero-order valence-electron chi connectivity index (χ0n) is 38.8. The van der Waals surface area contributed by atoms with Crippen molar-refractivity contribution >= 4 is 51.0 Å². The Hall–Kier alpha value is -3.41. The minimum Gasteiger partial charge on any atom is -0.460 e. The first kappa shape index (κ1) is 51.9. The van der Waals surface area contributed by atoms with Gasteiger partial charge in [-0.2, -0.15) is 0 Å². The van der Waals surface area contributed by atoms with Crippen molar-refractivity contribution < 1.29 is 38.0 Å². The lowest BCUT2D eigenvalue weighted by Gasteiger charge is -2.45. The number of amides is 3. The first-order valence-electron chi connectivity index (χ1n) is 22.7. The van der Waals surface area contributed by atoms with E-state index in [2.05, 4.69) is 76.9 Å². The topological polar surface area (TPSA) is 150 Å². The molecular formula is C47H78N4O8Si2. The summed E-state index contributed by atoms with van der Waals surface area (Å²) in [5, 5.41) is 7.57. The molecule has 3 N–H and O–H groups in total. The second-order valence-electron chi connectivity index (χ2n) is 19.4. The molecule has 0 saturated carbocycles. The van der Waals surface area contributed by atoms with Crippen LogP contribution in [0.25, 0.3) is 0 Å². The minimum atomic E-state index is -3.12. The fourth-order valence-electron chi connectivity index (χ4n) is 7.68. The zero-order valence-corrected chi connectivity index (χ0v) is 40.8. The van der Waals surface area contributed by atoms with Gasteiger partial charge in [0, 0.05) is 27.8 Å². The van der Waals surface area contributed by atoms with Crippen molar-refractivity contribution in [2.24, 2.45) is 11.1 Å². The van der Waals surface area contributed by atoms with Crippen LogP contribution in [0.4, 0.5) is 0 Å². The molecule has 0 aromatic heterocycles. The molecule has 342 valence electrons. The van der Waals surface area contributed by atoms with Crippen LogP contribution in [0.5, 0.6) is 0 Å². The van der Waals surface area contributed by atoms with E-state index >= 15 is 0 Å². The van der Waals surface area contributed by atoms with E-state index in [4.69, 9.17) is 24.6 Å². The molecule has 0 spiro atoms. The average Bonchev–Trinajstić information content (AvgIpc) is 3.39. The van der Waals surface area contributed by atoms with Crippen LogP contribution in [0.1, 0.15) is 119 Å². The summed E-state index contributed by atoms with van der Waals surface area (Å²) in [6.07, 6.45) is 8.68. The number of carbonyl (C=O) groups excluding carboxylic acids is 4. The molecular weight excluding hydrogens is 805 g/mol. The van der Waals surface area contributed by atoms with Crippen molar-refractivity contribution in [1.82, 2.24) is 15.4 Å². The summed E-state index contributed by atoms with van der Waals surface area (Å²) in [4.78, 5) is 59.5. The van der Waals surface area contributed by atoms with Gasteiger partial charge >= 0.3 is 5.97 Å². The van der Waals surface area contributed by atoms with Crippen LogP contribution >= 0.6 is 0 Å². The zero-order chi connectivity index (χ0) is 45.1. The average molecular weight is 883 g/mol. The van der Waals surface area contributed by atoms with E-state index in [0.29, 0.717) is 58.2 Å². The van der Waals surface area contributed by atoms with Crippen LogP contribution in [-0.2, 0) is 38.0 Å². The normalized spacial score (nSPS) is 16.4. The molecule has 12 nitrogen and oxygen atoms in total. The molecule has 2 aromatic carbocycles. The number of ether oxygens (including phenoxy) is 2. The Morgan fingerprint density at radius 2 is 1.51 bits per heavy atom. The Bertz CT molecular complexity index is 1580. The molecule has 2 aromatic rings. The molecule has 0 aliphatic carbocycles. The van der Waals surface area contributed by atoms with E-state index in [0.717, 1.165) is 61.4 Å². The molecule has 0 bridgehead atoms. The number of hydroxylamine groups is 4. The van der Waals surface area contributed by atoms with Gasteiger partial charge in [-0.15, -0.1) is 0 Å². The van der Waals surface area contributed by atoms with Crippen molar-refractivity contribution in [3.8, 4) is 0 Å². The van der Waals surface area contributed by atoms with Crippen molar-refractivity contribution in [2.45, 2.75) is 168 Å². The van der Waals surface area contributed by atoms with Gasteiger partial charge in [0.1, 0.15) is 18.2 Å². The van der Waals surface area contributed by atoms with E-state index in [1.54, 1.807) is 13.8 Å². The molecule has 61 heavy (non-hydrogen) atoms. The fourth-order valence-corrected chi connectivity index (χ4v) is 12.8. The van der Waals surface area contributed by atoms with Gasteiger partial charge in [-0.05, 0) is 86.7 Å². The molecule has 3 amide bonds. The molecule has 1 fully saturated rings. The molecule has 0 radical (unpaired) electrons. The quantitative estimate of drug-likeness (QED) is 0.0233. The number of unbranched alkanes of at least 4 members (excludes halogenated alkanes) is 5. The van der Waals surface area contributed by atoms with Gasteiger partial charge in [-0.1, -0.05) is 134 Å². The second-order valence-corrected chi connectivity index (χ2v) is 29.2. The standard InChI is InChI=1S/C47H78N4O8Si2/c1-10-11-12-13-20-31-42(58-44(54)40(48)29-21-23-32-50(36-52)57-37-56-34-35-60(7,8)9)47(5,6)45(55)49-41-30-22-24-33-51(43(41)53)59-61(46(2,3)4,38-25-16-14-17-26-38)39-27-18-15-19-28-39/h14-19,25-28,36,40-42H,10-13,20-24,29-35,37,48H2,1-9H3,(H,49,55)/t40-,41+,42+/m1/s1. The number of nitrogens with two attached hydrogens (primary N) is 1. The molecule has 1 aliphatic heterocycles. The lowest BCUT2D eigenvalue weighted by atomic mass is 9.82. The lowest BCUT2D eigenvalue weighted by Crippen LogP contribution is -2.69. The number of esters is 1. The van der Waals surface area contributed by atoms with Gasteiger partial charge in [-0.3, -0.25) is 19.2 Å². The summed E-state index contributed by atoms with van der Waals surface area (Å²) in [6.45, 7) is 20.4. The second kappa shape index (κ2) is 25.0. The number of rotatable bonds is 27. The highest BCUT2D eigenvalue weighted by molar-refractivity contribution is 6.99. The number of nitrogens with zero attached hydrogens (tertiary/aromatic N) is 2. The molecule has 14 heteroatoms. The maximum absolute atomic E-state index is 14.6. The minimum absolute atomic E-state index is 0.00116. The van der Waals surface area contributed by atoms with E-state index in [-0.39, 0.29) is 23.6 Å². The third-order valence-corrected chi connectivity index (χ3v) is 18.3. The van der Waals surface area contributed by atoms with Crippen LogP contribution in [0, 0.1) is 5.41 Å². The van der Waals surface area contributed by atoms with Crippen LogP contribution in [0.15, 0.2) is 60.7 Å². The highest BCUT2D eigenvalue weighted by Gasteiger charge is 2.53. The molecule has 0 unspecified atom stereocenters. The summed E-state index contributed by atoms with van der Waals surface area (Å²) >= 11 is 0. The highest BCUT2D eigenvalue weighted by atomic mass is 28.4. The van der Waals surface area contributed by atoms with Crippen LogP contribution < -0.4 is 21.4 Å². The predicted octanol–water partition coefficient (Wildman–Crippen LogP) is 7.47. The molecule has 1 heterocycles. The van der Waals surface area contributed by atoms with Gasteiger partial charge < -0.3 is 25.1 Å². The van der Waals surface area contributed by atoms with Crippen molar-refractivity contribution in [2.75, 3.05) is 26.5 Å². The number of benzene rings is 2. The SMILES string of the molecule is CCCCCCC[C@H](OC(=O)[C@H](N)CCCCN(C=O)OCOCC[Si](C)(C)C)C(C)(C)C(=O)N[C@H]1CCCCN(O[Si](c2ccccc2)(c2ccccc2)C(C)(C)C)C1=O. The van der Waals surface area contributed by atoms with Crippen LogP contribution in [0.3, 0.4) is 0 Å². The number of hydrogen-bond acceptors (Lipinski definition) is 9. The highest BCUT2D eigenvalue weighted by Crippen LogP contribution is 2.38. The Morgan fingerprint density at radius 1 is 0.902 bits per heavy atom. The lowest BCUT2D eigenvalue weighted by molar-refractivity contribution is -0.213. The molecule has 1 saturated heterocycles. The van der Waals surface area contributed by atoms with Crippen molar-refractivity contribution in [3.05, 3.63) is 60.7 Å². The number of hydrogen-bond donors (Lipinski definition) is 2. The summed E-state index contributed by atoms with van der Waals surface area (Å²) in [5.74, 6) is -1.22. The van der Waals surface area contributed by atoms with Gasteiger partial charge in [0.05, 0.1) is 5.41 Å². The summed E-state index contributed by atoms with van der Waals surface area (Å²) in [6, 6.07) is 19.7. The Labute approximate surface area is 369 Å². The number of nitrogens with one attached hydrogen (secondary N) is 1. The van der Waals surface area contributed by atoms with Gasteiger partial charge in [0.2, 0.25) is 12.3 Å². The monoisotopic (exact) mass is 883 g/mol.